The summed E-state index contributed by atoms with van der Waals surface area (Å²) in [5, 5.41) is 0. The highest BCUT2D eigenvalue weighted by atomic mass is 19.1. The van der Waals surface area contributed by atoms with Crippen LogP contribution in [0.25, 0.3) is 0 Å². The van der Waals surface area contributed by atoms with Crippen molar-refractivity contribution >= 4 is 5.97 Å². The minimum absolute atomic E-state index is 0.00863. The lowest BCUT2D eigenvalue weighted by atomic mass is 10.1. The number of methoxy groups -OCH3 is 2. The van der Waals surface area contributed by atoms with E-state index in [9.17, 15) is 9.18 Å². The van der Waals surface area contributed by atoms with E-state index in [0.29, 0.717) is 22.6 Å². The van der Waals surface area contributed by atoms with Crippen LogP contribution in [0.1, 0.15) is 21.5 Å². The molecule has 0 heterocycles. The minimum atomic E-state index is -0.594. The van der Waals surface area contributed by atoms with E-state index < -0.39 is 11.8 Å². The summed E-state index contributed by atoms with van der Waals surface area (Å²) >= 11 is 0. The molecule has 0 aromatic heterocycles. The van der Waals surface area contributed by atoms with E-state index in [1.54, 1.807) is 32.2 Å². The van der Waals surface area contributed by atoms with Crippen molar-refractivity contribution in [1.82, 2.24) is 0 Å². The van der Waals surface area contributed by atoms with E-state index in [4.69, 9.17) is 14.2 Å². The Morgan fingerprint density at radius 3 is 2.50 bits per heavy atom. The number of esters is 1. The zero-order valence-electron chi connectivity index (χ0n) is 12.7. The lowest BCUT2D eigenvalue weighted by molar-refractivity contribution is 0.0469. The van der Waals surface area contributed by atoms with Gasteiger partial charge in [-0.3, -0.25) is 0 Å². The molecule has 4 nitrogen and oxygen atoms in total. The fourth-order valence-electron chi connectivity index (χ4n) is 1.94. The molecule has 0 aliphatic carbocycles. The quantitative estimate of drug-likeness (QED) is 0.793. The van der Waals surface area contributed by atoms with Crippen molar-refractivity contribution in [1.29, 1.82) is 0 Å². The Labute approximate surface area is 128 Å². The van der Waals surface area contributed by atoms with Gasteiger partial charge in [0.05, 0.1) is 19.8 Å². The van der Waals surface area contributed by atoms with Gasteiger partial charge in [-0.15, -0.1) is 0 Å². The van der Waals surface area contributed by atoms with Crippen LogP contribution < -0.4 is 9.47 Å². The number of benzene rings is 2. The van der Waals surface area contributed by atoms with E-state index in [1.165, 1.54) is 25.3 Å². The first-order chi connectivity index (χ1) is 10.5. The standard InChI is InChI=1S/C17H17FO4/c1-11-4-5-12(9-15(11)18)17(19)22-10-13-8-14(20-2)6-7-16(13)21-3/h4-9H,10H2,1-3H3. The van der Waals surface area contributed by atoms with Crippen molar-refractivity contribution in [3.63, 3.8) is 0 Å². The van der Waals surface area contributed by atoms with Gasteiger partial charge in [0.25, 0.3) is 0 Å². The SMILES string of the molecule is COc1ccc(OC)c(COC(=O)c2ccc(C)c(F)c2)c1. The van der Waals surface area contributed by atoms with Crippen molar-refractivity contribution in [3.05, 3.63) is 58.9 Å². The molecule has 2 aromatic rings. The van der Waals surface area contributed by atoms with Gasteiger partial charge in [-0.2, -0.15) is 0 Å². The summed E-state index contributed by atoms with van der Waals surface area (Å²) in [6.45, 7) is 1.64. The normalized spacial score (nSPS) is 10.2. The molecule has 116 valence electrons. The second kappa shape index (κ2) is 6.93. The largest absolute Gasteiger partial charge is 0.497 e. The van der Waals surface area contributed by atoms with Gasteiger partial charge >= 0.3 is 5.97 Å². The first kappa shape index (κ1) is 15.8. The van der Waals surface area contributed by atoms with Crippen LogP contribution in [0, 0.1) is 12.7 Å². The number of ether oxygens (including phenoxy) is 3. The molecule has 5 heteroatoms. The number of hydrogen-bond acceptors (Lipinski definition) is 4. The van der Waals surface area contributed by atoms with Gasteiger partial charge in [0.1, 0.15) is 23.9 Å². The minimum Gasteiger partial charge on any atom is -0.497 e. The molecular weight excluding hydrogens is 287 g/mol. The molecule has 0 radical (unpaired) electrons. The summed E-state index contributed by atoms with van der Waals surface area (Å²) < 4.78 is 29.0. The molecule has 0 saturated heterocycles. The highest BCUT2D eigenvalue weighted by Crippen LogP contribution is 2.25. The van der Waals surface area contributed by atoms with Crippen LogP contribution in [0.3, 0.4) is 0 Å². The van der Waals surface area contributed by atoms with Crippen molar-refractivity contribution in [2.75, 3.05) is 14.2 Å². The zero-order chi connectivity index (χ0) is 16.1. The van der Waals surface area contributed by atoms with E-state index in [2.05, 4.69) is 0 Å². The molecule has 0 unspecified atom stereocenters. The monoisotopic (exact) mass is 304 g/mol. The number of rotatable bonds is 5. The lowest BCUT2D eigenvalue weighted by Gasteiger charge is -2.11. The van der Waals surface area contributed by atoms with Gasteiger partial charge in [0.15, 0.2) is 0 Å². The van der Waals surface area contributed by atoms with Crippen LogP contribution in [0.15, 0.2) is 36.4 Å². The van der Waals surface area contributed by atoms with Gasteiger partial charge in [0.2, 0.25) is 0 Å². The summed E-state index contributed by atoms with van der Waals surface area (Å²) in [6.07, 6.45) is 0. The lowest BCUT2D eigenvalue weighted by Crippen LogP contribution is -2.07. The number of carbonyl (C=O) groups excluding carboxylic acids is 1. The van der Waals surface area contributed by atoms with E-state index >= 15 is 0 Å². The third-order valence-electron chi connectivity index (χ3n) is 3.25. The maximum absolute atomic E-state index is 13.5. The predicted octanol–water partition coefficient (Wildman–Crippen LogP) is 3.51. The van der Waals surface area contributed by atoms with Crippen LogP contribution >= 0.6 is 0 Å². The Morgan fingerprint density at radius 1 is 1.09 bits per heavy atom. The second-order valence-corrected chi connectivity index (χ2v) is 4.72. The molecule has 0 amide bonds. The number of halogens is 1. The highest BCUT2D eigenvalue weighted by molar-refractivity contribution is 5.89. The summed E-state index contributed by atoms with van der Waals surface area (Å²) in [4.78, 5) is 12.0. The van der Waals surface area contributed by atoms with E-state index in [1.807, 2.05) is 0 Å². The summed E-state index contributed by atoms with van der Waals surface area (Å²) in [7, 11) is 3.08. The van der Waals surface area contributed by atoms with Gasteiger partial charge in [-0.05, 0) is 42.8 Å². The molecule has 0 spiro atoms. The summed E-state index contributed by atoms with van der Waals surface area (Å²) in [5.41, 5.74) is 1.32. The Kier molecular flexibility index (Phi) is 4.99. The first-order valence-corrected chi connectivity index (χ1v) is 6.69. The Hall–Kier alpha value is -2.56. The van der Waals surface area contributed by atoms with Crippen LogP contribution in [-0.4, -0.2) is 20.2 Å². The Bertz CT molecular complexity index is 682. The number of carbonyl (C=O) groups is 1. The molecule has 0 atom stereocenters. The third kappa shape index (κ3) is 3.55. The smallest absolute Gasteiger partial charge is 0.338 e. The zero-order valence-corrected chi connectivity index (χ0v) is 12.7. The van der Waals surface area contributed by atoms with E-state index in [-0.39, 0.29) is 12.2 Å². The van der Waals surface area contributed by atoms with Crippen LogP contribution in [0.5, 0.6) is 11.5 Å². The molecule has 0 N–H and O–H groups in total. The van der Waals surface area contributed by atoms with Crippen LogP contribution in [-0.2, 0) is 11.3 Å². The fourth-order valence-corrected chi connectivity index (χ4v) is 1.94. The highest BCUT2D eigenvalue weighted by Gasteiger charge is 2.12. The van der Waals surface area contributed by atoms with E-state index in [0.717, 1.165) is 0 Å². The molecule has 2 aromatic carbocycles. The van der Waals surface area contributed by atoms with Crippen molar-refractivity contribution < 1.29 is 23.4 Å². The first-order valence-electron chi connectivity index (χ1n) is 6.69. The van der Waals surface area contributed by atoms with Gasteiger partial charge in [0, 0.05) is 5.56 Å². The molecule has 0 saturated carbocycles. The van der Waals surface area contributed by atoms with Gasteiger partial charge in [-0.1, -0.05) is 6.07 Å². The molecule has 2 rings (SSSR count). The van der Waals surface area contributed by atoms with Gasteiger partial charge in [-0.25, -0.2) is 9.18 Å². The molecule has 0 fully saturated rings. The van der Waals surface area contributed by atoms with Crippen molar-refractivity contribution in [2.45, 2.75) is 13.5 Å². The van der Waals surface area contributed by atoms with Crippen molar-refractivity contribution in [3.8, 4) is 11.5 Å². The average Bonchev–Trinajstić information content (AvgIpc) is 2.54. The van der Waals surface area contributed by atoms with Gasteiger partial charge < -0.3 is 14.2 Å². The summed E-state index contributed by atoms with van der Waals surface area (Å²) in [6, 6.07) is 9.44. The maximum Gasteiger partial charge on any atom is 0.338 e. The summed E-state index contributed by atoms with van der Waals surface area (Å²) in [5.74, 6) is 0.189. The third-order valence-corrected chi connectivity index (χ3v) is 3.25. The topological polar surface area (TPSA) is 44.8 Å². The van der Waals surface area contributed by atoms with Crippen LogP contribution in [0.2, 0.25) is 0 Å². The molecular formula is C17H17FO4. The maximum atomic E-state index is 13.5. The van der Waals surface area contributed by atoms with Crippen molar-refractivity contribution in [2.24, 2.45) is 0 Å². The molecule has 0 aliphatic heterocycles. The Morgan fingerprint density at radius 2 is 1.86 bits per heavy atom. The molecule has 0 aliphatic rings. The molecule has 22 heavy (non-hydrogen) atoms. The Balaban J connectivity index is 2.11. The molecule has 0 bridgehead atoms. The number of aryl methyl sites for hydroxylation is 1. The van der Waals surface area contributed by atoms with Crippen LogP contribution in [0.4, 0.5) is 4.39 Å². The number of hydrogen-bond donors (Lipinski definition) is 0. The fraction of sp³-hybridized carbons (Fsp3) is 0.235. The predicted molar refractivity (Wildman–Crippen MR) is 79.8 cm³/mol. The average molecular weight is 304 g/mol. The second-order valence-electron chi connectivity index (χ2n) is 4.72.